The second-order valence-corrected chi connectivity index (χ2v) is 8.68. The summed E-state index contributed by atoms with van der Waals surface area (Å²) in [6.45, 7) is 12.8. The van der Waals surface area contributed by atoms with Crippen molar-refractivity contribution >= 4 is 0 Å². The summed E-state index contributed by atoms with van der Waals surface area (Å²) in [7, 11) is 0. The molecule has 1 saturated carbocycles. The van der Waals surface area contributed by atoms with Crippen LogP contribution in [0.4, 0.5) is 0 Å². The van der Waals surface area contributed by atoms with Crippen LogP contribution in [0.25, 0.3) is 0 Å². The van der Waals surface area contributed by atoms with E-state index >= 15 is 0 Å². The molecule has 1 N–H and O–H groups in total. The first-order valence-corrected chi connectivity index (χ1v) is 9.93. The van der Waals surface area contributed by atoms with E-state index in [1.807, 2.05) is 0 Å². The summed E-state index contributed by atoms with van der Waals surface area (Å²) >= 11 is 0. The van der Waals surface area contributed by atoms with Crippen LogP contribution >= 0.6 is 0 Å². The maximum atomic E-state index is 10.5. The number of likely N-dealkylation sites (tertiary alicyclic amines) is 1. The normalized spacial score (nSPS) is 38.0. The minimum atomic E-state index is -0.358. The van der Waals surface area contributed by atoms with E-state index < -0.39 is 0 Å². The molecule has 0 bridgehead atoms. The third-order valence-corrected chi connectivity index (χ3v) is 6.26. The molecular formula is C20H39NO2. The molecular weight excluding hydrogens is 286 g/mol. The fraction of sp³-hybridized carbons (Fsp3) is 1.00. The Morgan fingerprint density at radius 2 is 1.70 bits per heavy atom. The Hall–Kier alpha value is -0.120. The molecule has 23 heavy (non-hydrogen) atoms. The number of aliphatic hydroxyl groups excluding tert-OH is 1. The lowest BCUT2D eigenvalue weighted by Gasteiger charge is -2.41. The summed E-state index contributed by atoms with van der Waals surface area (Å²) < 4.78 is 6.22. The molecule has 0 spiro atoms. The highest BCUT2D eigenvalue weighted by atomic mass is 16.5. The average molecular weight is 326 g/mol. The monoisotopic (exact) mass is 325 g/mol. The smallest absolute Gasteiger partial charge is 0.0900 e. The maximum Gasteiger partial charge on any atom is 0.0900 e. The first-order valence-electron chi connectivity index (χ1n) is 9.93. The van der Waals surface area contributed by atoms with E-state index in [0.29, 0.717) is 36.6 Å². The molecule has 1 saturated heterocycles. The molecule has 0 unspecified atom stereocenters. The number of ether oxygens (including phenoxy) is 1. The molecule has 0 amide bonds. The van der Waals surface area contributed by atoms with Gasteiger partial charge in [-0.15, -0.1) is 0 Å². The molecule has 136 valence electrons. The number of piperidine rings is 1. The molecule has 2 rings (SSSR count). The van der Waals surface area contributed by atoms with Gasteiger partial charge in [0.1, 0.15) is 0 Å². The third-order valence-electron chi connectivity index (χ3n) is 6.26. The van der Waals surface area contributed by atoms with Crippen molar-refractivity contribution in [2.45, 2.75) is 97.4 Å². The Balaban J connectivity index is 1.81. The summed E-state index contributed by atoms with van der Waals surface area (Å²) in [4.78, 5) is 2.47. The summed E-state index contributed by atoms with van der Waals surface area (Å²) in [5, 5.41) is 10.5. The number of aliphatic hydroxyl groups is 1. The molecule has 2 fully saturated rings. The Morgan fingerprint density at radius 1 is 1.04 bits per heavy atom. The van der Waals surface area contributed by atoms with Gasteiger partial charge in [-0.3, -0.25) is 4.90 Å². The summed E-state index contributed by atoms with van der Waals surface area (Å²) in [6.07, 6.45) is 7.58. The van der Waals surface area contributed by atoms with Crippen LogP contribution in [-0.4, -0.2) is 47.4 Å². The van der Waals surface area contributed by atoms with Gasteiger partial charge in [-0.1, -0.05) is 33.6 Å². The van der Waals surface area contributed by atoms with Gasteiger partial charge in [0.05, 0.1) is 18.8 Å². The fourth-order valence-corrected chi connectivity index (χ4v) is 4.67. The Labute approximate surface area is 143 Å². The molecule has 2 aliphatic rings. The third kappa shape index (κ3) is 5.44. The van der Waals surface area contributed by atoms with Crippen molar-refractivity contribution < 1.29 is 9.84 Å². The minimum absolute atomic E-state index is 0.338. The van der Waals surface area contributed by atoms with Gasteiger partial charge in [0.2, 0.25) is 0 Å². The lowest BCUT2D eigenvalue weighted by molar-refractivity contribution is -0.0793. The highest BCUT2D eigenvalue weighted by molar-refractivity contribution is 4.83. The minimum Gasteiger partial charge on any atom is -0.389 e. The molecule has 0 aromatic heterocycles. The van der Waals surface area contributed by atoms with Crippen LogP contribution in [0.3, 0.4) is 0 Å². The standard InChI is InChI=1S/C20H39NO2/c1-14(2)19-10-9-15(3)11-20(19)23-13-18(22)12-21-16(4)7-6-8-17(21)5/h14-20,22H,6-13H2,1-5H3/t15-,16+,17+,18-,19-,20-/m1/s1. The lowest BCUT2D eigenvalue weighted by atomic mass is 9.75. The Kier molecular flexibility index (Phi) is 7.37. The van der Waals surface area contributed by atoms with E-state index in [0.717, 1.165) is 18.9 Å². The van der Waals surface area contributed by atoms with Gasteiger partial charge in [0, 0.05) is 18.6 Å². The second-order valence-electron chi connectivity index (χ2n) is 8.68. The number of rotatable bonds is 6. The van der Waals surface area contributed by atoms with Gasteiger partial charge < -0.3 is 9.84 Å². The van der Waals surface area contributed by atoms with E-state index in [4.69, 9.17) is 4.74 Å². The average Bonchev–Trinajstić information content (AvgIpc) is 2.49. The van der Waals surface area contributed by atoms with Gasteiger partial charge in [-0.2, -0.15) is 0 Å². The van der Waals surface area contributed by atoms with Crippen LogP contribution in [0.15, 0.2) is 0 Å². The van der Waals surface area contributed by atoms with Crippen molar-refractivity contribution in [2.75, 3.05) is 13.2 Å². The molecule has 0 aromatic carbocycles. The topological polar surface area (TPSA) is 32.7 Å². The van der Waals surface area contributed by atoms with Crippen LogP contribution in [0.1, 0.15) is 73.1 Å². The first-order chi connectivity index (χ1) is 10.9. The maximum absolute atomic E-state index is 10.5. The lowest BCUT2D eigenvalue weighted by Crippen LogP contribution is -2.48. The van der Waals surface area contributed by atoms with Gasteiger partial charge in [-0.05, 0) is 57.3 Å². The van der Waals surface area contributed by atoms with Crippen LogP contribution in [-0.2, 0) is 4.74 Å². The molecule has 0 aromatic rings. The van der Waals surface area contributed by atoms with Crippen molar-refractivity contribution in [1.29, 1.82) is 0 Å². The number of hydrogen-bond donors (Lipinski definition) is 1. The van der Waals surface area contributed by atoms with Crippen LogP contribution in [0.2, 0.25) is 0 Å². The zero-order valence-electron chi connectivity index (χ0n) is 16.0. The van der Waals surface area contributed by atoms with Crippen molar-refractivity contribution in [3.05, 3.63) is 0 Å². The summed E-state index contributed by atoms with van der Waals surface area (Å²) in [5.74, 6) is 2.09. The summed E-state index contributed by atoms with van der Waals surface area (Å²) in [6, 6.07) is 1.18. The first kappa shape index (κ1) is 19.2. The van der Waals surface area contributed by atoms with Crippen molar-refractivity contribution in [1.82, 2.24) is 4.90 Å². The molecule has 0 radical (unpaired) electrons. The quantitative estimate of drug-likeness (QED) is 0.798. The van der Waals surface area contributed by atoms with Crippen molar-refractivity contribution in [3.8, 4) is 0 Å². The van der Waals surface area contributed by atoms with Crippen LogP contribution < -0.4 is 0 Å². The molecule has 3 nitrogen and oxygen atoms in total. The molecule has 1 aliphatic carbocycles. The zero-order valence-corrected chi connectivity index (χ0v) is 16.0. The van der Waals surface area contributed by atoms with Gasteiger partial charge in [-0.25, -0.2) is 0 Å². The second kappa shape index (κ2) is 8.82. The molecule has 3 heteroatoms. The van der Waals surface area contributed by atoms with Crippen molar-refractivity contribution in [2.24, 2.45) is 17.8 Å². The van der Waals surface area contributed by atoms with Gasteiger partial charge >= 0.3 is 0 Å². The van der Waals surface area contributed by atoms with E-state index in [1.54, 1.807) is 0 Å². The fourth-order valence-electron chi connectivity index (χ4n) is 4.67. The predicted molar refractivity (Wildman–Crippen MR) is 96.6 cm³/mol. The molecule has 6 atom stereocenters. The van der Waals surface area contributed by atoms with Crippen LogP contribution in [0, 0.1) is 17.8 Å². The SMILES string of the molecule is CC(C)[C@H]1CC[C@@H](C)C[C@H]1OC[C@H](O)CN1[C@@H](C)CCC[C@@H]1C. The largest absolute Gasteiger partial charge is 0.389 e. The van der Waals surface area contributed by atoms with Crippen molar-refractivity contribution in [3.63, 3.8) is 0 Å². The van der Waals surface area contributed by atoms with Crippen LogP contribution in [0.5, 0.6) is 0 Å². The highest BCUT2D eigenvalue weighted by Gasteiger charge is 2.32. The van der Waals surface area contributed by atoms with Gasteiger partial charge in [0.15, 0.2) is 0 Å². The summed E-state index contributed by atoms with van der Waals surface area (Å²) in [5.41, 5.74) is 0. The molecule has 1 heterocycles. The number of hydrogen-bond acceptors (Lipinski definition) is 3. The highest BCUT2D eigenvalue weighted by Crippen LogP contribution is 2.35. The van der Waals surface area contributed by atoms with Gasteiger partial charge in [0.25, 0.3) is 0 Å². The Morgan fingerprint density at radius 3 is 2.30 bits per heavy atom. The molecule has 1 aliphatic heterocycles. The van der Waals surface area contributed by atoms with E-state index in [2.05, 4.69) is 39.5 Å². The van der Waals surface area contributed by atoms with E-state index in [1.165, 1.54) is 32.1 Å². The van der Waals surface area contributed by atoms with E-state index in [9.17, 15) is 5.11 Å². The number of nitrogens with zero attached hydrogens (tertiary/aromatic N) is 1. The number of β-amino-alcohol motifs (C(OH)–C–C–N with tert-alkyl or cyclic N) is 1. The van der Waals surface area contributed by atoms with E-state index in [-0.39, 0.29) is 6.10 Å². The Bertz CT molecular complexity index is 337. The zero-order chi connectivity index (χ0) is 17.0. The predicted octanol–water partition coefficient (Wildman–Crippen LogP) is 4.09.